The second-order valence-corrected chi connectivity index (χ2v) is 12.1. The van der Waals surface area contributed by atoms with Crippen LogP contribution in [-0.4, -0.2) is 40.1 Å². The molecule has 35 heavy (non-hydrogen) atoms. The average Bonchev–Trinajstić information content (AvgIpc) is 2.85. The van der Waals surface area contributed by atoms with Gasteiger partial charge in [0.25, 0.3) is 15.9 Å². The number of anilines is 2. The lowest BCUT2D eigenvalue weighted by Gasteiger charge is -2.25. The molecule has 0 spiro atoms. The summed E-state index contributed by atoms with van der Waals surface area (Å²) in [6.45, 7) is 1.02. The summed E-state index contributed by atoms with van der Waals surface area (Å²) in [6.07, 6.45) is 2.72. The highest BCUT2D eigenvalue weighted by Gasteiger charge is 2.25. The Balaban J connectivity index is 1.44. The summed E-state index contributed by atoms with van der Waals surface area (Å²) in [6, 6.07) is 18.0. The van der Waals surface area contributed by atoms with E-state index in [0.29, 0.717) is 18.8 Å². The van der Waals surface area contributed by atoms with E-state index in [1.807, 2.05) is 0 Å². The van der Waals surface area contributed by atoms with Crippen molar-refractivity contribution in [2.24, 2.45) is 0 Å². The number of benzene rings is 3. The summed E-state index contributed by atoms with van der Waals surface area (Å²) in [4.78, 5) is 13.0. The van der Waals surface area contributed by atoms with Gasteiger partial charge in [0.05, 0.1) is 26.1 Å². The van der Waals surface area contributed by atoms with Gasteiger partial charge in [-0.1, -0.05) is 36.2 Å². The smallest absolute Gasteiger partial charge is 0.261 e. The molecular weight excluding hydrogens is 510 g/mol. The van der Waals surface area contributed by atoms with E-state index in [9.17, 15) is 21.6 Å². The molecule has 8 nitrogen and oxygen atoms in total. The molecule has 0 saturated carbocycles. The molecule has 1 fully saturated rings. The molecule has 0 bridgehead atoms. The van der Waals surface area contributed by atoms with Crippen LogP contribution in [0.15, 0.2) is 82.6 Å². The van der Waals surface area contributed by atoms with Crippen molar-refractivity contribution in [3.05, 3.63) is 83.4 Å². The van der Waals surface area contributed by atoms with Gasteiger partial charge in [-0.25, -0.2) is 16.8 Å². The molecule has 0 unspecified atom stereocenters. The van der Waals surface area contributed by atoms with E-state index in [1.165, 1.54) is 58.9 Å². The van der Waals surface area contributed by atoms with Crippen LogP contribution in [0.2, 0.25) is 5.02 Å². The first-order valence-corrected chi connectivity index (χ1v) is 14.3. The molecule has 4 rings (SSSR count). The van der Waals surface area contributed by atoms with Crippen LogP contribution < -0.4 is 10.0 Å². The van der Waals surface area contributed by atoms with E-state index in [0.717, 1.165) is 19.3 Å². The van der Waals surface area contributed by atoms with Crippen molar-refractivity contribution in [3.8, 4) is 0 Å². The first-order valence-electron chi connectivity index (χ1n) is 11.0. The summed E-state index contributed by atoms with van der Waals surface area (Å²) in [7, 11) is -7.36. The van der Waals surface area contributed by atoms with Gasteiger partial charge < -0.3 is 5.32 Å². The minimum atomic E-state index is -3.80. The zero-order valence-corrected chi connectivity index (χ0v) is 21.0. The van der Waals surface area contributed by atoms with Crippen LogP contribution in [0.5, 0.6) is 0 Å². The van der Waals surface area contributed by atoms with E-state index < -0.39 is 26.0 Å². The first kappa shape index (κ1) is 25.2. The molecule has 1 amide bonds. The summed E-state index contributed by atoms with van der Waals surface area (Å²) in [5.74, 6) is -0.515. The second kappa shape index (κ2) is 10.4. The van der Waals surface area contributed by atoms with E-state index in [2.05, 4.69) is 10.0 Å². The SMILES string of the molecule is O=C(Nc1ccc(S(=O)(=O)N2CCCCC2)cc1)c1ccc(NS(=O)(=O)c2ccccc2)cc1Cl. The number of sulfonamides is 2. The van der Waals surface area contributed by atoms with E-state index in [1.54, 1.807) is 18.2 Å². The number of carbonyl (C=O) groups is 1. The normalized spacial score (nSPS) is 14.9. The third-order valence-corrected chi connectivity index (χ3v) is 9.21. The molecule has 3 aromatic rings. The second-order valence-electron chi connectivity index (χ2n) is 8.06. The zero-order chi connectivity index (χ0) is 25.1. The first-order chi connectivity index (χ1) is 16.7. The molecule has 1 aliphatic heterocycles. The fourth-order valence-corrected chi connectivity index (χ4v) is 6.59. The van der Waals surface area contributed by atoms with Crippen LogP contribution in [-0.2, 0) is 20.0 Å². The summed E-state index contributed by atoms with van der Waals surface area (Å²) in [5.41, 5.74) is 0.750. The highest BCUT2D eigenvalue weighted by atomic mass is 35.5. The fraction of sp³-hybridized carbons (Fsp3) is 0.208. The summed E-state index contributed by atoms with van der Waals surface area (Å²) >= 11 is 6.26. The predicted molar refractivity (Wildman–Crippen MR) is 136 cm³/mol. The van der Waals surface area contributed by atoms with Gasteiger partial charge in [-0.05, 0) is 67.4 Å². The molecule has 0 atom stereocenters. The van der Waals surface area contributed by atoms with Crippen LogP contribution in [0.25, 0.3) is 0 Å². The van der Waals surface area contributed by atoms with Gasteiger partial charge in [-0.3, -0.25) is 9.52 Å². The minimum Gasteiger partial charge on any atom is -0.322 e. The van der Waals surface area contributed by atoms with E-state index in [-0.39, 0.29) is 26.1 Å². The van der Waals surface area contributed by atoms with Crippen molar-refractivity contribution < 1.29 is 21.6 Å². The fourth-order valence-electron chi connectivity index (χ4n) is 3.74. The summed E-state index contributed by atoms with van der Waals surface area (Å²) in [5, 5.41) is 2.74. The third-order valence-electron chi connectivity index (χ3n) is 5.58. The average molecular weight is 534 g/mol. The number of halogens is 1. The summed E-state index contributed by atoms with van der Waals surface area (Å²) < 4.78 is 54.5. The number of amides is 1. The Labute approximate surface area is 210 Å². The maximum atomic E-state index is 12.8. The van der Waals surface area contributed by atoms with Crippen LogP contribution in [0, 0.1) is 0 Å². The quantitative estimate of drug-likeness (QED) is 0.462. The molecule has 2 N–H and O–H groups in total. The van der Waals surface area contributed by atoms with Crippen LogP contribution in [0.3, 0.4) is 0 Å². The Morgan fingerprint density at radius 3 is 2.03 bits per heavy atom. The number of rotatable bonds is 7. The lowest BCUT2D eigenvalue weighted by atomic mass is 10.2. The zero-order valence-electron chi connectivity index (χ0n) is 18.6. The molecule has 184 valence electrons. The molecule has 0 aromatic heterocycles. The maximum absolute atomic E-state index is 12.8. The van der Waals surface area contributed by atoms with E-state index in [4.69, 9.17) is 11.6 Å². The van der Waals surface area contributed by atoms with Gasteiger partial charge in [0.2, 0.25) is 10.0 Å². The highest BCUT2D eigenvalue weighted by molar-refractivity contribution is 7.92. The lowest BCUT2D eigenvalue weighted by molar-refractivity contribution is 0.102. The van der Waals surface area contributed by atoms with Crippen molar-refractivity contribution >= 4 is 48.9 Å². The molecular formula is C24H24ClN3O5S2. The Kier molecular flexibility index (Phi) is 7.46. The van der Waals surface area contributed by atoms with Gasteiger partial charge in [-0.15, -0.1) is 0 Å². The minimum absolute atomic E-state index is 0.0556. The van der Waals surface area contributed by atoms with E-state index >= 15 is 0 Å². The molecule has 1 aliphatic rings. The number of hydrogen-bond acceptors (Lipinski definition) is 5. The Bertz CT molecular complexity index is 1420. The van der Waals surface area contributed by atoms with Gasteiger partial charge >= 0.3 is 0 Å². The molecule has 0 radical (unpaired) electrons. The van der Waals surface area contributed by atoms with Crippen LogP contribution in [0.4, 0.5) is 11.4 Å². The third kappa shape index (κ3) is 5.84. The number of hydrogen-bond donors (Lipinski definition) is 2. The molecule has 1 saturated heterocycles. The molecule has 11 heteroatoms. The van der Waals surface area contributed by atoms with Gasteiger partial charge in [-0.2, -0.15) is 4.31 Å². The number of carbonyl (C=O) groups excluding carboxylic acids is 1. The van der Waals surface area contributed by atoms with Crippen molar-refractivity contribution in [1.82, 2.24) is 4.31 Å². The molecule has 3 aromatic carbocycles. The number of piperidine rings is 1. The van der Waals surface area contributed by atoms with Crippen molar-refractivity contribution in [2.75, 3.05) is 23.1 Å². The van der Waals surface area contributed by atoms with Gasteiger partial charge in [0.15, 0.2) is 0 Å². The largest absolute Gasteiger partial charge is 0.322 e. The number of nitrogens with zero attached hydrogens (tertiary/aromatic N) is 1. The highest BCUT2D eigenvalue weighted by Crippen LogP contribution is 2.25. The maximum Gasteiger partial charge on any atom is 0.261 e. The van der Waals surface area contributed by atoms with Crippen LogP contribution >= 0.6 is 11.6 Å². The topological polar surface area (TPSA) is 113 Å². The Morgan fingerprint density at radius 1 is 0.771 bits per heavy atom. The van der Waals surface area contributed by atoms with Crippen LogP contribution in [0.1, 0.15) is 29.6 Å². The predicted octanol–water partition coefficient (Wildman–Crippen LogP) is 4.57. The monoisotopic (exact) mass is 533 g/mol. The van der Waals surface area contributed by atoms with Gasteiger partial charge in [0, 0.05) is 18.8 Å². The standard InChI is InChI=1S/C24H24ClN3O5S2/c25-23-17-19(27-34(30,31)20-7-3-1-4-8-20)11-14-22(23)24(29)26-18-9-12-21(13-10-18)35(32,33)28-15-5-2-6-16-28/h1,3-4,7-14,17,27H,2,5-6,15-16H2,(H,26,29). The molecule has 1 heterocycles. The Morgan fingerprint density at radius 2 is 1.40 bits per heavy atom. The Hall–Kier alpha value is -2.92. The van der Waals surface area contributed by atoms with Crippen molar-refractivity contribution in [2.45, 2.75) is 29.1 Å². The van der Waals surface area contributed by atoms with Gasteiger partial charge in [0.1, 0.15) is 0 Å². The van der Waals surface area contributed by atoms with Crippen molar-refractivity contribution in [1.29, 1.82) is 0 Å². The molecule has 0 aliphatic carbocycles. The lowest BCUT2D eigenvalue weighted by Crippen LogP contribution is -2.35. The van der Waals surface area contributed by atoms with Crippen molar-refractivity contribution in [3.63, 3.8) is 0 Å². The number of nitrogens with one attached hydrogen (secondary N) is 2.